The Hall–Kier alpha value is -3.25. The van der Waals surface area contributed by atoms with Crippen LogP contribution in [0.3, 0.4) is 0 Å². The summed E-state index contributed by atoms with van der Waals surface area (Å²) >= 11 is 0. The van der Waals surface area contributed by atoms with Gasteiger partial charge >= 0.3 is 6.09 Å². The summed E-state index contributed by atoms with van der Waals surface area (Å²) in [5, 5.41) is 9.49. The predicted octanol–water partition coefficient (Wildman–Crippen LogP) is 3.29. The number of piperazine rings is 1. The largest absolute Gasteiger partial charge is 0.450 e. The van der Waals surface area contributed by atoms with E-state index in [0.29, 0.717) is 35.2 Å². The second-order valence-electron chi connectivity index (χ2n) is 9.53. The fourth-order valence-corrected chi connectivity index (χ4v) is 5.78. The Labute approximate surface area is 198 Å². The van der Waals surface area contributed by atoms with Crippen molar-refractivity contribution in [1.82, 2.24) is 19.8 Å². The number of nitrogens with zero attached hydrogens (tertiary/aromatic N) is 6. The molecule has 5 rings (SSSR count). The first kappa shape index (κ1) is 22.5. The lowest BCUT2D eigenvalue weighted by molar-refractivity contribution is -0.00294. The Bertz CT molecular complexity index is 1100. The van der Waals surface area contributed by atoms with Crippen molar-refractivity contribution in [3.05, 3.63) is 42.1 Å². The van der Waals surface area contributed by atoms with Crippen LogP contribution in [0.2, 0.25) is 0 Å². The van der Waals surface area contributed by atoms with Gasteiger partial charge in [-0.15, -0.1) is 0 Å². The maximum absolute atomic E-state index is 14.1. The summed E-state index contributed by atoms with van der Waals surface area (Å²) in [7, 11) is 0. The number of hydrogen-bond acceptors (Lipinski definition) is 7. The molecule has 2 saturated heterocycles. The van der Waals surface area contributed by atoms with E-state index < -0.39 is 5.82 Å². The predicted molar refractivity (Wildman–Crippen MR) is 125 cm³/mol. The third-order valence-electron chi connectivity index (χ3n) is 7.45. The second-order valence-corrected chi connectivity index (χ2v) is 9.53. The molecule has 0 bridgehead atoms. The van der Waals surface area contributed by atoms with Crippen molar-refractivity contribution in [3.63, 3.8) is 0 Å². The first-order valence-corrected chi connectivity index (χ1v) is 11.9. The molecular formula is C25H29FN6O2. The van der Waals surface area contributed by atoms with Crippen molar-refractivity contribution in [2.45, 2.75) is 32.2 Å². The SMILES string of the molecule is CCOC(=O)N1CC2(CC[C@@H](N3CCN(c4ncc(F)cc4-c4ccncc4C#N)CC3)C2)C1. The van der Waals surface area contributed by atoms with Gasteiger partial charge < -0.3 is 14.5 Å². The average Bonchev–Trinajstić information content (AvgIpc) is 3.29. The van der Waals surface area contributed by atoms with E-state index in [1.807, 2.05) is 11.8 Å². The molecule has 3 aliphatic rings. The molecule has 0 unspecified atom stereocenters. The van der Waals surface area contributed by atoms with Crippen LogP contribution < -0.4 is 4.90 Å². The second kappa shape index (κ2) is 9.18. The van der Waals surface area contributed by atoms with Crippen LogP contribution in [-0.2, 0) is 4.74 Å². The van der Waals surface area contributed by atoms with Crippen molar-refractivity contribution in [3.8, 4) is 17.2 Å². The summed E-state index contributed by atoms with van der Waals surface area (Å²) < 4.78 is 19.2. The Morgan fingerprint density at radius 1 is 1.26 bits per heavy atom. The highest BCUT2D eigenvalue weighted by atomic mass is 19.1. The molecule has 3 fully saturated rings. The molecule has 2 aromatic rings. The lowest BCUT2D eigenvalue weighted by Crippen LogP contribution is -2.58. The quantitative estimate of drug-likeness (QED) is 0.686. The zero-order valence-corrected chi connectivity index (χ0v) is 19.4. The molecule has 1 saturated carbocycles. The van der Waals surface area contributed by atoms with Crippen LogP contribution in [0.5, 0.6) is 0 Å². The van der Waals surface area contributed by atoms with Gasteiger partial charge in [-0.2, -0.15) is 5.26 Å². The van der Waals surface area contributed by atoms with Crippen LogP contribution in [0.15, 0.2) is 30.7 Å². The minimum atomic E-state index is -0.424. The topological polar surface area (TPSA) is 85.6 Å². The van der Waals surface area contributed by atoms with E-state index in [-0.39, 0.29) is 11.5 Å². The highest BCUT2D eigenvalue weighted by Crippen LogP contribution is 2.47. The third-order valence-corrected chi connectivity index (χ3v) is 7.45. The van der Waals surface area contributed by atoms with Crippen LogP contribution in [0, 0.1) is 22.6 Å². The summed E-state index contributed by atoms with van der Waals surface area (Å²) in [4.78, 5) is 26.9. The number of aromatic nitrogens is 2. The smallest absolute Gasteiger partial charge is 0.409 e. The maximum Gasteiger partial charge on any atom is 0.409 e. The molecule has 4 heterocycles. The highest BCUT2D eigenvalue weighted by Gasteiger charge is 2.51. The fraction of sp³-hybridized carbons (Fsp3) is 0.520. The molecule has 9 heteroatoms. The van der Waals surface area contributed by atoms with Crippen molar-refractivity contribution in [2.75, 3.05) is 50.8 Å². The third kappa shape index (κ3) is 4.18. The average molecular weight is 465 g/mol. The first-order chi connectivity index (χ1) is 16.5. The van der Waals surface area contributed by atoms with Crippen LogP contribution >= 0.6 is 0 Å². The number of amides is 1. The van der Waals surface area contributed by atoms with Gasteiger partial charge in [0.05, 0.1) is 18.4 Å². The van der Waals surface area contributed by atoms with Gasteiger partial charge in [-0.25, -0.2) is 14.2 Å². The zero-order valence-electron chi connectivity index (χ0n) is 19.4. The van der Waals surface area contributed by atoms with E-state index >= 15 is 0 Å². The molecule has 1 aliphatic carbocycles. The van der Waals surface area contributed by atoms with Crippen molar-refractivity contribution >= 4 is 11.9 Å². The number of nitriles is 1. The van der Waals surface area contributed by atoms with Crippen molar-refractivity contribution < 1.29 is 13.9 Å². The molecule has 0 N–H and O–H groups in total. The summed E-state index contributed by atoms with van der Waals surface area (Å²) in [5.74, 6) is 0.280. The molecule has 34 heavy (non-hydrogen) atoms. The minimum absolute atomic E-state index is 0.193. The molecule has 1 spiro atoms. The van der Waals surface area contributed by atoms with Crippen LogP contribution in [0.25, 0.3) is 11.1 Å². The zero-order chi connectivity index (χ0) is 23.7. The number of halogens is 1. The van der Waals surface area contributed by atoms with Gasteiger partial charge in [0.1, 0.15) is 17.7 Å². The maximum atomic E-state index is 14.1. The molecule has 178 valence electrons. The Balaban J connectivity index is 1.23. The summed E-state index contributed by atoms with van der Waals surface area (Å²) in [6.07, 6.45) is 7.58. The number of pyridine rings is 2. The molecular weight excluding hydrogens is 435 g/mol. The normalized spacial score (nSPS) is 21.9. The molecule has 8 nitrogen and oxygen atoms in total. The van der Waals surface area contributed by atoms with Gasteiger partial charge in [0, 0.05) is 74.2 Å². The highest BCUT2D eigenvalue weighted by molar-refractivity contribution is 5.79. The van der Waals surface area contributed by atoms with Gasteiger partial charge in [0.25, 0.3) is 0 Å². The van der Waals surface area contributed by atoms with Crippen LogP contribution in [0.4, 0.5) is 15.0 Å². The number of likely N-dealkylation sites (tertiary alicyclic amines) is 1. The number of rotatable bonds is 4. The fourth-order valence-electron chi connectivity index (χ4n) is 5.78. The molecule has 2 aliphatic heterocycles. The van der Waals surface area contributed by atoms with Gasteiger partial charge in [0.2, 0.25) is 0 Å². The standard InChI is InChI=1S/C25H29FN6O2/c1-2-34-24(33)32-16-25(17-32)5-3-20(12-25)30-7-9-31(10-8-30)23-22(11-19(26)15-29-23)21-4-6-28-14-18(21)13-27/h4,6,11,14-15,20H,2-3,5,7-10,12,16-17H2,1H3/t20-/m1/s1. The van der Waals surface area contributed by atoms with Gasteiger partial charge in [-0.3, -0.25) is 9.88 Å². The molecule has 0 radical (unpaired) electrons. The Morgan fingerprint density at radius 2 is 2.06 bits per heavy atom. The van der Waals surface area contributed by atoms with Gasteiger partial charge in [0.15, 0.2) is 0 Å². The Morgan fingerprint density at radius 3 is 2.79 bits per heavy atom. The number of anilines is 1. The van der Waals surface area contributed by atoms with E-state index in [1.165, 1.54) is 18.5 Å². The lowest BCUT2D eigenvalue weighted by Gasteiger charge is -2.48. The monoisotopic (exact) mass is 464 g/mol. The van der Waals surface area contributed by atoms with E-state index in [1.54, 1.807) is 12.3 Å². The number of hydrogen-bond donors (Lipinski definition) is 0. The Kier molecular flexibility index (Phi) is 6.09. The summed E-state index contributed by atoms with van der Waals surface area (Å²) in [5.41, 5.74) is 1.93. The molecule has 0 aromatic carbocycles. The summed E-state index contributed by atoms with van der Waals surface area (Å²) in [6.45, 7) is 7.25. The van der Waals surface area contributed by atoms with E-state index in [4.69, 9.17) is 4.74 Å². The van der Waals surface area contributed by atoms with E-state index in [0.717, 1.165) is 58.5 Å². The van der Waals surface area contributed by atoms with Crippen molar-refractivity contribution in [1.29, 1.82) is 5.26 Å². The van der Waals surface area contributed by atoms with Crippen molar-refractivity contribution in [2.24, 2.45) is 5.41 Å². The summed E-state index contributed by atoms with van der Waals surface area (Å²) in [6, 6.07) is 5.87. The lowest BCUT2D eigenvalue weighted by atomic mass is 9.78. The van der Waals surface area contributed by atoms with Crippen LogP contribution in [0.1, 0.15) is 31.7 Å². The number of ether oxygens (including phenoxy) is 1. The molecule has 1 atom stereocenters. The molecule has 2 aromatic heterocycles. The van der Waals surface area contributed by atoms with Crippen LogP contribution in [-0.4, -0.2) is 77.8 Å². The van der Waals surface area contributed by atoms with Gasteiger partial charge in [-0.05, 0) is 38.3 Å². The number of carbonyl (C=O) groups is 1. The first-order valence-electron chi connectivity index (χ1n) is 11.9. The molecule has 1 amide bonds. The number of carbonyl (C=O) groups excluding carboxylic acids is 1. The van der Waals surface area contributed by atoms with E-state index in [9.17, 15) is 14.4 Å². The van der Waals surface area contributed by atoms with Gasteiger partial charge in [-0.1, -0.05) is 0 Å². The van der Waals surface area contributed by atoms with E-state index in [2.05, 4.69) is 25.8 Å². The minimum Gasteiger partial charge on any atom is -0.450 e.